The number of aliphatic hydroxyl groups excluding tert-OH is 11. The summed E-state index contributed by atoms with van der Waals surface area (Å²) in [6.07, 6.45) is -6.58. The number of carbonyl (C=O) groups excluding carboxylic acids is 1. The molecule has 17 atom stereocenters. The van der Waals surface area contributed by atoms with Crippen molar-refractivity contribution in [3.05, 3.63) is 0 Å². The highest BCUT2D eigenvalue weighted by atomic mass is 16.8. The molecule has 354 valence electrons. The molecule has 0 saturated carbocycles. The maximum absolute atomic E-state index is 12.0. The molecule has 0 aromatic carbocycles. The predicted octanol–water partition coefficient (Wildman–Crippen LogP) is -1.03. The standard InChI is InChI=1S/C41H77NO18/c1-3-4-5-6-7-8-9-10-11-12-13-14-15-16-17-18-19-26(47)25(42-24(2)46)23-55-39-35(53)32(50)37(28(21-44)57-39)60-41-36(54)33(51)38(29(22-45)58-41)59-40-34(52)31(49)30(48)27(20-43)56-40/h25-41,43-45,47-54H,3-23H2,1-2H3,(H,42,46). The summed E-state index contributed by atoms with van der Waals surface area (Å²) < 4.78 is 33.6. The Hall–Kier alpha value is -1.21. The predicted molar refractivity (Wildman–Crippen MR) is 213 cm³/mol. The van der Waals surface area contributed by atoms with E-state index in [4.69, 9.17) is 28.4 Å². The molecule has 1 amide bonds. The van der Waals surface area contributed by atoms with Crippen LogP contribution in [0.3, 0.4) is 0 Å². The van der Waals surface area contributed by atoms with Crippen molar-refractivity contribution in [2.75, 3.05) is 26.4 Å². The fourth-order valence-electron chi connectivity index (χ4n) is 7.99. The molecule has 17 unspecified atom stereocenters. The Morgan fingerprint density at radius 3 is 1.35 bits per heavy atom. The Labute approximate surface area is 353 Å². The van der Waals surface area contributed by atoms with Gasteiger partial charge in [0.2, 0.25) is 5.91 Å². The van der Waals surface area contributed by atoms with Crippen LogP contribution in [0.5, 0.6) is 0 Å². The second kappa shape index (κ2) is 28.6. The second-order valence-electron chi connectivity index (χ2n) is 16.6. The van der Waals surface area contributed by atoms with Gasteiger partial charge >= 0.3 is 0 Å². The highest BCUT2D eigenvalue weighted by molar-refractivity contribution is 5.73. The van der Waals surface area contributed by atoms with E-state index in [1.165, 1.54) is 84.0 Å². The molecule has 3 saturated heterocycles. The van der Waals surface area contributed by atoms with Crippen molar-refractivity contribution in [3.63, 3.8) is 0 Å². The van der Waals surface area contributed by atoms with Crippen LogP contribution >= 0.6 is 0 Å². The fraction of sp³-hybridized carbons (Fsp3) is 0.976. The van der Waals surface area contributed by atoms with Crippen molar-refractivity contribution >= 4 is 5.91 Å². The van der Waals surface area contributed by atoms with Gasteiger partial charge in [-0.2, -0.15) is 0 Å². The molecule has 0 bridgehead atoms. The SMILES string of the molecule is CCCCCCCCCCCCCCCCCCC(O)C(COC1OC(CO)C(OC2OC(CO)C(OC3OC(CO)C(O)C(O)C3O)C(O)C2O)C(O)C1O)NC(C)=O. The minimum Gasteiger partial charge on any atom is -0.394 e. The van der Waals surface area contributed by atoms with Crippen LogP contribution in [0.15, 0.2) is 0 Å². The lowest BCUT2D eigenvalue weighted by atomic mass is 9.96. The molecule has 0 radical (unpaired) electrons. The average molecular weight is 872 g/mol. The van der Waals surface area contributed by atoms with E-state index in [1.807, 2.05) is 0 Å². The van der Waals surface area contributed by atoms with E-state index in [-0.39, 0.29) is 6.61 Å². The van der Waals surface area contributed by atoms with Gasteiger partial charge in [0.1, 0.15) is 73.2 Å². The molecule has 19 nitrogen and oxygen atoms in total. The van der Waals surface area contributed by atoms with Crippen molar-refractivity contribution in [1.82, 2.24) is 5.32 Å². The van der Waals surface area contributed by atoms with Gasteiger partial charge in [0.15, 0.2) is 18.9 Å². The smallest absolute Gasteiger partial charge is 0.217 e. The van der Waals surface area contributed by atoms with Gasteiger partial charge in [-0.05, 0) is 6.42 Å². The van der Waals surface area contributed by atoms with Gasteiger partial charge in [-0.15, -0.1) is 0 Å². The third-order valence-corrected chi connectivity index (χ3v) is 11.7. The number of ether oxygens (including phenoxy) is 6. The Bertz CT molecular complexity index is 1140. The summed E-state index contributed by atoms with van der Waals surface area (Å²) in [6.45, 7) is 0.813. The Morgan fingerprint density at radius 1 is 0.533 bits per heavy atom. The van der Waals surface area contributed by atoms with Crippen LogP contribution in [0.25, 0.3) is 0 Å². The zero-order chi connectivity index (χ0) is 44.2. The average Bonchev–Trinajstić information content (AvgIpc) is 3.23. The van der Waals surface area contributed by atoms with Crippen LogP contribution in [-0.4, -0.2) is 193 Å². The summed E-state index contributed by atoms with van der Waals surface area (Å²) in [5.41, 5.74) is 0. The van der Waals surface area contributed by atoms with Gasteiger partial charge in [0, 0.05) is 6.92 Å². The normalized spacial score (nSPS) is 35.9. The molecular weight excluding hydrogens is 794 g/mol. The molecule has 12 N–H and O–H groups in total. The van der Waals surface area contributed by atoms with Crippen molar-refractivity contribution in [1.29, 1.82) is 0 Å². The first-order valence-corrected chi connectivity index (χ1v) is 22.2. The number of hydrogen-bond acceptors (Lipinski definition) is 18. The molecule has 60 heavy (non-hydrogen) atoms. The first kappa shape index (κ1) is 53.1. The first-order valence-electron chi connectivity index (χ1n) is 22.2. The first-order chi connectivity index (χ1) is 28.8. The Morgan fingerprint density at radius 2 is 0.917 bits per heavy atom. The van der Waals surface area contributed by atoms with Crippen LogP contribution in [0.1, 0.15) is 123 Å². The van der Waals surface area contributed by atoms with E-state index < -0.39 is 130 Å². The monoisotopic (exact) mass is 872 g/mol. The van der Waals surface area contributed by atoms with Crippen LogP contribution < -0.4 is 5.32 Å². The molecule has 0 aromatic rings. The van der Waals surface area contributed by atoms with Gasteiger partial charge < -0.3 is 89.9 Å². The van der Waals surface area contributed by atoms with Crippen molar-refractivity contribution in [3.8, 4) is 0 Å². The van der Waals surface area contributed by atoms with E-state index in [0.29, 0.717) is 6.42 Å². The van der Waals surface area contributed by atoms with Gasteiger partial charge in [-0.25, -0.2) is 0 Å². The van der Waals surface area contributed by atoms with Gasteiger partial charge in [-0.3, -0.25) is 4.79 Å². The van der Waals surface area contributed by atoms with Crippen LogP contribution in [0, 0.1) is 0 Å². The third kappa shape index (κ3) is 16.4. The van der Waals surface area contributed by atoms with Crippen molar-refractivity contribution in [2.45, 2.75) is 227 Å². The number of carbonyl (C=O) groups is 1. The van der Waals surface area contributed by atoms with Gasteiger partial charge in [0.05, 0.1) is 38.6 Å². The molecule has 3 aliphatic rings. The van der Waals surface area contributed by atoms with E-state index in [9.17, 15) is 61.0 Å². The summed E-state index contributed by atoms with van der Waals surface area (Å²) in [7, 11) is 0. The van der Waals surface area contributed by atoms with E-state index in [1.54, 1.807) is 0 Å². The summed E-state index contributed by atoms with van der Waals surface area (Å²) in [5.74, 6) is -0.420. The molecule has 0 aliphatic carbocycles. The number of amides is 1. The zero-order valence-electron chi connectivity index (χ0n) is 35.4. The Kier molecular flexibility index (Phi) is 25.3. The largest absolute Gasteiger partial charge is 0.394 e. The molecule has 0 aromatic heterocycles. The molecule has 0 spiro atoms. The number of rotatable bonds is 29. The third-order valence-electron chi connectivity index (χ3n) is 11.7. The highest BCUT2D eigenvalue weighted by Crippen LogP contribution is 2.33. The molecule has 19 heteroatoms. The number of aliphatic hydroxyl groups is 11. The summed E-state index contributed by atoms with van der Waals surface area (Å²) in [4.78, 5) is 12.0. The number of unbranched alkanes of at least 4 members (excludes halogenated alkanes) is 15. The van der Waals surface area contributed by atoms with Crippen LogP contribution in [-0.2, 0) is 33.2 Å². The lowest BCUT2D eigenvalue weighted by molar-refractivity contribution is -0.379. The van der Waals surface area contributed by atoms with Crippen molar-refractivity contribution in [2.24, 2.45) is 0 Å². The lowest BCUT2D eigenvalue weighted by Gasteiger charge is -2.48. The molecule has 3 rings (SSSR count). The minimum absolute atomic E-state index is 0.317. The number of nitrogens with one attached hydrogen (secondary N) is 1. The minimum atomic E-state index is -1.96. The molecule has 3 fully saturated rings. The topological polar surface area (TPSA) is 307 Å². The summed E-state index contributed by atoms with van der Waals surface area (Å²) in [5, 5.41) is 118. The van der Waals surface area contributed by atoms with E-state index in [2.05, 4.69) is 12.2 Å². The fourth-order valence-corrected chi connectivity index (χ4v) is 7.99. The maximum Gasteiger partial charge on any atom is 0.217 e. The Balaban J connectivity index is 1.43. The maximum atomic E-state index is 12.0. The molecule has 3 aliphatic heterocycles. The van der Waals surface area contributed by atoms with Gasteiger partial charge in [0.25, 0.3) is 0 Å². The molecule has 3 heterocycles. The zero-order valence-corrected chi connectivity index (χ0v) is 35.4. The highest BCUT2D eigenvalue weighted by Gasteiger charge is 2.53. The van der Waals surface area contributed by atoms with Crippen LogP contribution in [0.4, 0.5) is 0 Å². The second-order valence-corrected chi connectivity index (χ2v) is 16.6. The van der Waals surface area contributed by atoms with E-state index in [0.717, 1.165) is 25.7 Å². The summed E-state index contributed by atoms with van der Waals surface area (Å²) >= 11 is 0. The van der Waals surface area contributed by atoms with E-state index >= 15 is 0 Å². The quantitative estimate of drug-likeness (QED) is 0.0400. The summed E-state index contributed by atoms with van der Waals surface area (Å²) in [6, 6.07) is -0.880. The van der Waals surface area contributed by atoms with Crippen molar-refractivity contribution < 1.29 is 89.4 Å². The molecular formula is C41H77NO18. The van der Waals surface area contributed by atoms with Gasteiger partial charge in [-0.1, -0.05) is 110 Å². The lowest BCUT2D eigenvalue weighted by Crippen LogP contribution is -2.66. The number of hydrogen-bond donors (Lipinski definition) is 12. The van der Waals surface area contributed by atoms with Crippen LogP contribution in [0.2, 0.25) is 0 Å².